The van der Waals surface area contributed by atoms with Gasteiger partial charge in [0.05, 0.1) is 18.1 Å². The zero-order valence-electron chi connectivity index (χ0n) is 15.7. The second-order valence-corrected chi connectivity index (χ2v) is 6.84. The third kappa shape index (κ3) is 5.33. The summed E-state index contributed by atoms with van der Waals surface area (Å²) in [6, 6.07) is 19.9. The molecule has 148 valence electrons. The lowest BCUT2D eigenvalue weighted by Crippen LogP contribution is -2.16. The first kappa shape index (κ1) is 20.4. The van der Waals surface area contributed by atoms with Crippen LogP contribution < -0.4 is 10.1 Å². The molecule has 6 nitrogen and oxygen atoms in total. The second-order valence-electron chi connectivity index (χ2n) is 6.41. The van der Waals surface area contributed by atoms with E-state index in [2.05, 4.69) is 5.32 Å². The van der Waals surface area contributed by atoms with E-state index in [1.165, 1.54) is 12.1 Å². The van der Waals surface area contributed by atoms with Gasteiger partial charge < -0.3 is 10.1 Å². The molecule has 0 amide bonds. The predicted octanol–water partition coefficient (Wildman–Crippen LogP) is 5.68. The Morgan fingerprint density at radius 2 is 1.66 bits per heavy atom. The normalized spacial score (nSPS) is 11.5. The van der Waals surface area contributed by atoms with E-state index in [1.807, 2.05) is 12.1 Å². The Bertz CT molecular complexity index is 987. The number of methoxy groups -OCH3 is 1. The lowest BCUT2D eigenvalue weighted by molar-refractivity contribution is -0.384. The number of rotatable bonds is 8. The lowest BCUT2D eigenvalue weighted by Gasteiger charge is -2.20. The highest BCUT2D eigenvalue weighted by Crippen LogP contribution is 2.27. The number of hydrogen-bond donors (Lipinski definition) is 1. The van der Waals surface area contributed by atoms with Gasteiger partial charge in [0.2, 0.25) is 0 Å². The van der Waals surface area contributed by atoms with Crippen molar-refractivity contribution in [3.05, 3.63) is 99.1 Å². The summed E-state index contributed by atoms with van der Waals surface area (Å²) >= 11 is 5.99. The van der Waals surface area contributed by atoms with Crippen molar-refractivity contribution >= 4 is 28.8 Å². The third-order valence-corrected chi connectivity index (χ3v) is 4.74. The summed E-state index contributed by atoms with van der Waals surface area (Å²) in [6.45, 7) is 0. The third-order valence-electron chi connectivity index (χ3n) is 4.49. The first-order valence-electron chi connectivity index (χ1n) is 8.90. The molecule has 0 bridgehead atoms. The average molecular weight is 411 g/mol. The van der Waals surface area contributed by atoms with Crippen LogP contribution in [0.25, 0.3) is 0 Å². The molecular weight excluding hydrogens is 392 g/mol. The molecule has 0 unspecified atom stereocenters. The minimum atomic E-state index is -0.451. The number of halogens is 1. The maximum absolute atomic E-state index is 12.8. The minimum absolute atomic E-state index is 0.00732. The number of anilines is 1. The van der Waals surface area contributed by atoms with Gasteiger partial charge >= 0.3 is 0 Å². The molecule has 0 heterocycles. The first-order valence-corrected chi connectivity index (χ1v) is 9.28. The van der Waals surface area contributed by atoms with Gasteiger partial charge in [-0.3, -0.25) is 14.9 Å². The molecule has 1 N–H and O–H groups in total. The van der Waals surface area contributed by atoms with Crippen LogP contribution >= 0.6 is 11.6 Å². The Morgan fingerprint density at radius 1 is 1.03 bits per heavy atom. The highest BCUT2D eigenvalue weighted by molar-refractivity contribution is 6.30. The summed E-state index contributed by atoms with van der Waals surface area (Å²) in [6.07, 6.45) is 0.199. The van der Waals surface area contributed by atoms with Gasteiger partial charge in [-0.2, -0.15) is 0 Å². The van der Waals surface area contributed by atoms with Crippen molar-refractivity contribution in [2.75, 3.05) is 12.4 Å². The summed E-state index contributed by atoms with van der Waals surface area (Å²) in [5.74, 6) is 0.641. The zero-order chi connectivity index (χ0) is 20.8. The molecule has 29 heavy (non-hydrogen) atoms. The van der Waals surface area contributed by atoms with Crippen molar-refractivity contribution in [3.63, 3.8) is 0 Å². The van der Waals surface area contributed by atoms with Crippen molar-refractivity contribution < 1.29 is 14.5 Å². The molecule has 7 heteroatoms. The fourth-order valence-corrected chi connectivity index (χ4v) is 3.03. The molecule has 0 radical (unpaired) electrons. The maximum atomic E-state index is 12.8. The number of Topliss-reactive ketones (excluding diaryl/α,β-unsaturated/α-hetero) is 1. The number of nitrogens with one attached hydrogen (secondary N) is 1. The molecule has 0 aliphatic carbocycles. The van der Waals surface area contributed by atoms with Crippen LogP contribution in [0.5, 0.6) is 5.75 Å². The molecule has 0 aliphatic heterocycles. The van der Waals surface area contributed by atoms with Crippen LogP contribution in [0.1, 0.15) is 28.4 Å². The summed E-state index contributed by atoms with van der Waals surface area (Å²) < 4.78 is 5.13. The Labute approximate surface area is 173 Å². The predicted molar refractivity (Wildman–Crippen MR) is 113 cm³/mol. The van der Waals surface area contributed by atoms with Gasteiger partial charge in [-0.1, -0.05) is 23.7 Å². The zero-order valence-corrected chi connectivity index (χ0v) is 16.4. The van der Waals surface area contributed by atoms with Crippen molar-refractivity contribution in [1.82, 2.24) is 0 Å². The molecule has 0 fully saturated rings. The molecule has 0 spiro atoms. The number of non-ortho nitro benzene ring substituents is 1. The van der Waals surface area contributed by atoms with E-state index in [0.29, 0.717) is 22.0 Å². The Morgan fingerprint density at radius 3 is 2.21 bits per heavy atom. The Balaban J connectivity index is 1.83. The lowest BCUT2D eigenvalue weighted by atomic mass is 9.97. The number of benzene rings is 3. The van der Waals surface area contributed by atoms with Crippen LogP contribution in [0, 0.1) is 10.1 Å². The van der Waals surface area contributed by atoms with Crippen LogP contribution in [-0.4, -0.2) is 17.8 Å². The molecule has 0 saturated heterocycles. The van der Waals surface area contributed by atoms with Gasteiger partial charge in [-0.25, -0.2) is 0 Å². The number of carbonyl (C=O) groups excluding carboxylic acids is 1. The molecule has 0 aromatic heterocycles. The number of carbonyl (C=O) groups is 1. The molecule has 1 atom stereocenters. The summed E-state index contributed by atoms with van der Waals surface area (Å²) in [7, 11) is 1.57. The topological polar surface area (TPSA) is 81.5 Å². The molecule has 0 saturated carbocycles. The van der Waals surface area contributed by atoms with Crippen molar-refractivity contribution in [2.45, 2.75) is 12.5 Å². The molecule has 3 rings (SSSR count). The van der Waals surface area contributed by atoms with Gasteiger partial charge in [0.15, 0.2) is 5.78 Å². The second kappa shape index (κ2) is 9.21. The van der Waals surface area contributed by atoms with Gasteiger partial charge in [-0.15, -0.1) is 0 Å². The van der Waals surface area contributed by atoms with Crippen molar-refractivity contribution in [2.24, 2.45) is 0 Å². The van der Waals surface area contributed by atoms with Crippen LogP contribution in [0.3, 0.4) is 0 Å². The summed E-state index contributed by atoms with van der Waals surface area (Å²) in [4.78, 5) is 23.2. The number of nitro groups is 1. The maximum Gasteiger partial charge on any atom is 0.269 e. The average Bonchev–Trinajstić information content (AvgIpc) is 2.74. The van der Waals surface area contributed by atoms with E-state index in [0.717, 1.165) is 5.56 Å². The van der Waals surface area contributed by atoms with E-state index < -0.39 is 4.92 Å². The number of nitrogens with zero attached hydrogens (tertiary/aromatic N) is 1. The van der Waals surface area contributed by atoms with E-state index in [4.69, 9.17) is 16.3 Å². The Kier molecular flexibility index (Phi) is 6.46. The number of ketones is 1. The monoisotopic (exact) mass is 410 g/mol. The van der Waals surface area contributed by atoms with E-state index in [-0.39, 0.29) is 23.9 Å². The summed E-state index contributed by atoms with van der Waals surface area (Å²) in [5.41, 5.74) is 2.15. The van der Waals surface area contributed by atoms with Gasteiger partial charge in [0.1, 0.15) is 5.75 Å². The van der Waals surface area contributed by atoms with Crippen LogP contribution in [0.4, 0.5) is 11.4 Å². The highest BCUT2D eigenvalue weighted by atomic mass is 35.5. The minimum Gasteiger partial charge on any atom is -0.497 e. The highest BCUT2D eigenvalue weighted by Gasteiger charge is 2.18. The molecule has 3 aromatic rings. The largest absolute Gasteiger partial charge is 0.497 e. The van der Waals surface area contributed by atoms with E-state index in [9.17, 15) is 14.9 Å². The van der Waals surface area contributed by atoms with Gasteiger partial charge in [-0.05, 0) is 54.1 Å². The fraction of sp³-hybridized carbons (Fsp3) is 0.136. The number of hydrogen-bond acceptors (Lipinski definition) is 5. The summed E-state index contributed by atoms with van der Waals surface area (Å²) in [5, 5.41) is 14.7. The Hall–Kier alpha value is -3.38. The van der Waals surface area contributed by atoms with E-state index >= 15 is 0 Å². The molecule has 0 aliphatic rings. The molecular formula is C22H19ClN2O4. The van der Waals surface area contributed by atoms with Gasteiger partial charge in [0, 0.05) is 34.8 Å². The first-order chi connectivity index (χ1) is 14.0. The van der Waals surface area contributed by atoms with Crippen molar-refractivity contribution in [3.8, 4) is 5.75 Å². The van der Waals surface area contributed by atoms with Gasteiger partial charge in [0.25, 0.3) is 5.69 Å². The molecule has 3 aromatic carbocycles. The van der Waals surface area contributed by atoms with Crippen molar-refractivity contribution in [1.29, 1.82) is 0 Å². The number of ether oxygens (including phenoxy) is 1. The smallest absolute Gasteiger partial charge is 0.269 e. The standard InChI is InChI=1S/C22H19ClN2O4/c1-29-20-12-4-16(5-13-20)22(26)14-21(15-2-6-17(23)7-3-15)24-18-8-10-19(11-9-18)25(27)28/h2-13,21,24H,14H2,1H3/t21-/m1/s1. The van der Waals surface area contributed by atoms with Crippen LogP contribution in [-0.2, 0) is 0 Å². The fourth-order valence-electron chi connectivity index (χ4n) is 2.91. The number of nitro benzene ring substituents is 1. The quantitative estimate of drug-likeness (QED) is 0.293. The SMILES string of the molecule is COc1ccc(C(=O)C[C@@H](Nc2ccc([N+](=O)[O-])cc2)c2ccc(Cl)cc2)cc1. The van der Waals surface area contributed by atoms with Crippen LogP contribution in [0.15, 0.2) is 72.8 Å². The van der Waals surface area contributed by atoms with E-state index in [1.54, 1.807) is 55.6 Å². The van der Waals surface area contributed by atoms with Crippen LogP contribution in [0.2, 0.25) is 5.02 Å².